The van der Waals surface area contributed by atoms with Crippen LogP contribution in [-0.4, -0.2) is 76.5 Å². The molecule has 42 heavy (non-hydrogen) atoms. The first-order valence-electron chi connectivity index (χ1n) is 15.0. The number of esters is 1. The van der Waals surface area contributed by atoms with Gasteiger partial charge in [-0.2, -0.15) is 4.99 Å². The largest absolute Gasteiger partial charge is 0.458 e. The summed E-state index contributed by atoms with van der Waals surface area (Å²) in [4.78, 5) is 45.1. The number of hydrogen-bond acceptors (Lipinski definition) is 8. The first kappa shape index (κ1) is 37.9. The van der Waals surface area contributed by atoms with Gasteiger partial charge >= 0.3 is 25.3 Å². The van der Waals surface area contributed by atoms with E-state index in [1.807, 2.05) is 27.7 Å². The van der Waals surface area contributed by atoms with Gasteiger partial charge in [-0.15, -0.1) is 0 Å². The number of carbonyl (C=O) groups is 3. The smallest absolute Gasteiger partial charge is 0.457 e. The normalized spacial score (nSPS) is 18.7. The highest BCUT2D eigenvalue weighted by Gasteiger charge is 2.51. The van der Waals surface area contributed by atoms with Crippen molar-refractivity contribution < 1.29 is 37.9 Å². The molecule has 1 atom stereocenters. The number of nitrogens with zero attached hydrogens (tertiary/aromatic N) is 2. The van der Waals surface area contributed by atoms with E-state index in [1.165, 1.54) is 4.90 Å². The van der Waals surface area contributed by atoms with E-state index in [-0.39, 0.29) is 20.0 Å². The predicted molar refractivity (Wildman–Crippen MR) is 166 cm³/mol. The van der Waals surface area contributed by atoms with Gasteiger partial charge in [-0.3, -0.25) is 4.90 Å². The Morgan fingerprint density at radius 3 is 1.69 bits per heavy atom. The molecule has 0 aromatic rings. The highest BCUT2D eigenvalue weighted by molar-refractivity contribution is 6.45. The Kier molecular flexibility index (Phi) is 12.3. The van der Waals surface area contributed by atoms with Crippen LogP contribution in [0.5, 0.6) is 0 Å². The van der Waals surface area contributed by atoms with Gasteiger partial charge in [0.1, 0.15) is 22.3 Å². The van der Waals surface area contributed by atoms with Crippen LogP contribution in [-0.2, 0) is 28.3 Å². The molecule has 1 unspecified atom stereocenters. The number of hydrogen-bond donors (Lipinski definition) is 0. The van der Waals surface area contributed by atoms with Gasteiger partial charge in [-0.05, 0) is 123 Å². The second-order valence-electron chi connectivity index (χ2n) is 15.3. The molecule has 1 saturated heterocycles. The number of amides is 2. The summed E-state index contributed by atoms with van der Waals surface area (Å²) in [5.41, 5.74) is -4.01. The minimum absolute atomic E-state index is 0.173. The molecule has 1 aliphatic heterocycles. The molecule has 0 saturated carbocycles. The molecule has 0 aliphatic carbocycles. The van der Waals surface area contributed by atoms with Gasteiger partial charge in [0.05, 0.1) is 11.2 Å². The molecular formula is C31H57BN2O8. The number of unbranched alkanes of at least 4 members (excludes halogenated alkanes) is 1. The van der Waals surface area contributed by atoms with E-state index in [0.29, 0.717) is 31.3 Å². The molecule has 0 radical (unpaired) electrons. The topological polar surface area (TPSA) is 113 Å². The summed E-state index contributed by atoms with van der Waals surface area (Å²) in [6, 6.07) is 0. The molecule has 10 nitrogen and oxygen atoms in total. The summed E-state index contributed by atoms with van der Waals surface area (Å²) < 4.78 is 29.2. The zero-order valence-corrected chi connectivity index (χ0v) is 29.0. The van der Waals surface area contributed by atoms with Crippen LogP contribution >= 0.6 is 0 Å². The third kappa shape index (κ3) is 11.9. The van der Waals surface area contributed by atoms with Gasteiger partial charge in [0.2, 0.25) is 0 Å². The number of aliphatic imine (C=N–C) groups is 1. The van der Waals surface area contributed by atoms with Crippen molar-refractivity contribution in [2.45, 2.75) is 169 Å². The number of carbonyl (C=O) groups excluding carboxylic acids is 3. The van der Waals surface area contributed by atoms with Gasteiger partial charge in [0, 0.05) is 12.8 Å². The van der Waals surface area contributed by atoms with Gasteiger partial charge in [-0.1, -0.05) is 12.8 Å². The molecule has 1 aliphatic rings. The lowest BCUT2D eigenvalue weighted by Gasteiger charge is -2.41. The molecule has 0 aromatic carbocycles. The Balaban J connectivity index is 3.31. The average molecular weight is 597 g/mol. The van der Waals surface area contributed by atoms with Crippen molar-refractivity contribution in [3.63, 3.8) is 0 Å². The van der Waals surface area contributed by atoms with E-state index in [4.69, 9.17) is 23.5 Å². The van der Waals surface area contributed by atoms with Crippen molar-refractivity contribution in [3.8, 4) is 0 Å². The Bertz CT molecular complexity index is 972. The Hall–Kier alpha value is -2.14. The SMILES string of the molecule is CC(CCC(CCCCB1OC(C)(C)C(C)(C)O1)(C(=O)OC(C)(C)C)N(C)C(=O)OC(C)(C)C)=NC(=O)OC(C)(C)C. The Morgan fingerprint density at radius 2 is 1.24 bits per heavy atom. The van der Waals surface area contributed by atoms with Crippen LogP contribution in [0.25, 0.3) is 0 Å². The van der Waals surface area contributed by atoms with Crippen LogP contribution < -0.4 is 0 Å². The van der Waals surface area contributed by atoms with E-state index in [9.17, 15) is 14.4 Å². The van der Waals surface area contributed by atoms with Crippen molar-refractivity contribution in [3.05, 3.63) is 0 Å². The molecule has 1 rings (SSSR count). The molecule has 0 N–H and O–H groups in total. The second kappa shape index (κ2) is 13.7. The highest BCUT2D eigenvalue weighted by Crippen LogP contribution is 2.39. The lowest BCUT2D eigenvalue weighted by atomic mass is 9.79. The van der Waals surface area contributed by atoms with Crippen LogP contribution in [0.1, 0.15) is 129 Å². The van der Waals surface area contributed by atoms with E-state index < -0.39 is 51.7 Å². The van der Waals surface area contributed by atoms with Gasteiger partial charge in [-0.25, -0.2) is 14.4 Å². The van der Waals surface area contributed by atoms with Crippen molar-refractivity contribution in [2.24, 2.45) is 4.99 Å². The van der Waals surface area contributed by atoms with Crippen LogP contribution in [0.2, 0.25) is 6.32 Å². The summed E-state index contributed by atoms with van der Waals surface area (Å²) in [5, 5.41) is 0. The Morgan fingerprint density at radius 1 is 0.762 bits per heavy atom. The van der Waals surface area contributed by atoms with Crippen LogP contribution in [0.3, 0.4) is 0 Å². The lowest BCUT2D eigenvalue weighted by Crippen LogP contribution is -2.58. The number of ether oxygens (including phenoxy) is 3. The van der Waals surface area contributed by atoms with E-state index in [1.54, 1.807) is 76.3 Å². The maximum atomic E-state index is 14.0. The standard InChI is InChI=1S/C31H57BN2O8/c1-22(33-24(36)39-27(5,6)7)18-20-31(23(35)38-26(2,3)4,34(15)25(37)40-28(8,9)10)19-16-17-21-32-41-29(11,12)30(13,14)42-32/h16-21H2,1-15H3. The number of rotatable bonds is 10. The molecule has 0 bridgehead atoms. The van der Waals surface area contributed by atoms with Crippen molar-refractivity contribution in [1.82, 2.24) is 4.90 Å². The molecule has 2 amide bonds. The quantitative estimate of drug-likeness (QED) is 0.0845. The summed E-state index contributed by atoms with van der Waals surface area (Å²) >= 11 is 0. The summed E-state index contributed by atoms with van der Waals surface area (Å²) in [7, 11) is 1.20. The van der Waals surface area contributed by atoms with E-state index in [0.717, 1.165) is 0 Å². The number of likely N-dealkylation sites (N-methyl/N-ethyl adjacent to an activating group) is 1. The second-order valence-corrected chi connectivity index (χ2v) is 15.3. The third-order valence-corrected chi connectivity index (χ3v) is 7.25. The Labute approximate surface area is 254 Å². The van der Waals surface area contributed by atoms with Gasteiger partial charge in [0.15, 0.2) is 0 Å². The fourth-order valence-electron chi connectivity index (χ4n) is 4.38. The zero-order valence-electron chi connectivity index (χ0n) is 29.0. The first-order valence-corrected chi connectivity index (χ1v) is 15.0. The van der Waals surface area contributed by atoms with Gasteiger partial charge < -0.3 is 23.5 Å². The summed E-state index contributed by atoms with van der Waals surface area (Å²) in [6.45, 7) is 25.7. The lowest BCUT2D eigenvalue weighted by molar-refractivity contribution is -0.170. The maximum absolute atomic E-state index is 14.0. The third-order valence-electron chi connectivity index (χ3n) is 7.25. The fraction of sp³-hybridized carbons (Fsp3) is 0.871. The molecule has 242 valence electrons. The fourth-order valence-corrected chi connectivity index (χ4v) is 4.38. The van der Waals surface area contributed by atoms with E-state index >= 15 is 0 Å². The van der Waals surface area contributed by atoms with Crippen LogP contribution in [0.4, 0.5) is 9.59 Å². The first-order chi connectivity index (χ1) is 18.7. The molecule has 0 spiro atoms. The highest BCUT2D eigenvalue weighted by atomic mass is 16.7. The molecule has 0 aromatic heterocycles. The predicted octanol–water partition coefficient (Wildman–Crippen LogP) is 7.37. The van der Waals surface area contributed by atoms with Gasteiger partial charge in [0.25, 0.3) is 0 Å². The molecule has 1 fully saturated rings. The van der Waals surface area contributed by atoms with Crippen molar-refractivity contribution >= 4 is 31.0 Å². The van der Waals surface area contributed by atoms with E-state index in [2.05, 4.69) is 4.99 Å². The minimum atomic E-state index is -1.38. The summed E-state index contributed by atoms with van der Waals surface area (Å²) in [6.07, 6.45) is 1.29. The monoisotopic (exact) mass is 596 g/mol. The van der Waals surface area contributed by atoms with Crippen LogP contribution in [0, 0.1) is 0 Å². The van der Waals surface area contributed by atoms with Crippen molar-refractivity contribution in [2.75, 3.05) is 7.05 Å². The minimum Gasteiger partial charge on any atom is -0.458 e. The van der Waals surface area contributed by atoms with Crippen LogP contribution in [0.15, 0.2) is 4.99 Å². The maximum Gasteiger partial charge on any atom is 0.457 e. The summed E-state index contributed by atoms with van der Waals surface area (Å²) in [5.74, 6) is -0.538. The van der Waals surface area contributed by atoms with Crippen molar-refractivity contribution in [1.29, 1.82) is 0 Å². The molecule has 1 heterocycles. The molecule has 11 heteroatoms. The average Bonchev–Trinajstić information content (AvgIpc) is 2.95. The zero-order chi connectivity index (χ0) is 32.9. The molecular weight excluding hydrogens is 539 g/mol.